The summed E-state index contributed by atoms with van der Waals surface area (Å²) in [4.78, 5) is 2.33. The van der Waals surface area contributed by atoms with Gasteiger partial charge in [-0.15, -0.1) is 0 Å². The van der Waals surface area contributed by atoms with Crippen molar-refractivity contribution in [2.75, 3.05) is 4.90 Å². The maximum absolute atomic E-state index is 2.40. The Balaban J connectivity index is 1.11. The highest BCUT2D eigenvalue weighted by Gasteiger charge is 2.19. The highest BCUT2D eigenvalue weighted by Crippen LogP contribution is 2.41. The molecule has 0 bridgehead atoms. The third-order valence-corrected chi connectivity index (χ3v) is 10.3. The van der Waals surface area contributed by atoms with Gasteiger partial charge in [0.15, 0.2) is 0 Å². The minimum Gasteiger partial charge on any atom is -0.310 e. The SMILES string of the molecule is CC1C=CC=CC1c1ccc(-c2ccc(-c3ccc4c(c3)c3ccc(N(c5ccccc5)c5ccccc5)cc3n4-c3ccccc3)cc2)cc1. The lowest BCUT2D eigenvalue weighted by Gasteiger charge is -2.25. The van der Waals surface area contributed by atoms with Crippen LogP contribution >= 0.6 is 0 Å². The van der Waals surface area contributed by atoms with Gasteiger partial charge in [-0.2, -0.15) is 0 Å². The van der Waals surface area contributed by atoms with E-state index in [0.29, 0.717) is 11.8 Å². The van der Waals surface area contributed by atoms with Crippen LogP contribution in [0.4, 0.5) is 17.1 Å². The molecule has 2 heteroatoms. The predicted molar refractivity (Wildman–Crippen MR) is 217 cm³/mol. The molecule has 51 heavy (non-hydrogen) atoms. The molecule has 0 saturated carbocycles. The molecule has 7 aromatic carbocycles. The Morgan fingerprint density at radius 2 is 0.980 bits per heavy atom. The number of hydrogen-bond acceptors (Lipinski definition) is 1. The summed E-state index contributed by atoms with van der Waals surface area (Å²) in [6.45, 7) is 2.29. The van der Waals surface area contributed by atoms with Crippen LogP contribution in [0.3, 0.4) is 0 Å². The van der Waals surface area contributed by atoms with E-state index in [2.05, 4.69) is 217 Å². The van der Waals surface area contributed by atoms with Crippen molar-refractivity contribution in [3.8, 4) is 27.9 Å². The standard InChI is InChI=1S/C49H38N2/c1-35-13-11-12-20-45(35)39-27-25-37(26-28-39)36-21-23-38(24-22-36)40-29-32-48-47(33-40)46-31-30-44(34-49(46)51(48)43-18-9-4-10-19-43)50(41-14-5-2-6-15-41)42-16-7-3-8-17-42/h2-35,45H,1H3. The average Bonchev–Trinajstić information content (AvgIpc) is 3.52. The highest BCUT2D eigenvalue weighted by atomic mass is 15.1. The summed E-state index contributed by atoms with van der Waals surface area (Å²) in [5, 5.41) is 2.47. The number of fused-ring (bicyclic) bond motifs is 3. The molecular weight excluding hydrogens is 617 g/mol. The van der Waals surface area contributed by atoms with Crippen LogP contribution in [0.1, 0.15) is 18.4 Å². The van der Waals surface area contributed by atoms with Crippen LogP contribution < -0.4 is 4.90 Å². The van der Waals surface area contributed by atoms with Gasteiger partial charge in [0.1, 0.15) is 0 Å². The first kappa shape index (κ1) is 30.7. The van der Waals surface area contributed by atoms with Gasteiger partial charge in [-0.1, -0.05) is 146 Å². The number of aromatic nitrogens is 1. The van der Waals surface area contributed by atoms with E-state index in [4.69, 9.17) is 0 Å². The zero-order valence-corrected chi connectivity index (χ0v) is 28.6. The van der Waals surface area contributed by atoms with Crippen molar-refractivity contribution in [2.45, 2.75) is 12.8 Å². The van der Waals surface area contributed by atoms with Gasteiger partial charge in [0.05, 0.1) is 11.0 Å². The van der Waals surface area contributed by atoms with Crippen molar-refractivity contribution >= 4 is 38.9 Å². The summed E-state index contributed by atoms with van der Waals surface area (Å²) in [7, 11) is 0. The van der Waals surface area contributed by atoms with Crippen molar-refractivity contribution < 1.29 is 0 Å². The van der Waals surface area contributed by atoms with Crippen LogP contribution in [-0.4, -0.2) is 4.57 Å². The fraction of sp³-hybridized carbons (Fsp3) is 0.0612. The molecule has 244 valence electrons. The zero-order chi connectivity index (χ0) is 34.1. The van der Waals surface area contributed by atoms with Crippen LogP contribution in [0.2, 0.25) is 0 Å². The van der Waals surface area contributed by atoms with Gasteiger partial charge in [-0.05, 0) is 94.4 Å². The number of anilines is 3. The van der Waals surface area contributed by atoms with E-state index >= 15 is 0 Å². The third kappa shape index (κ3) is 5.75. The van der Waals surface area contributed by atoms with E-state index < -0.39 is 0 Å². The van der Waals surface area contributed by atoms with Gasteiger partial charge >= 0.3 is 0 Å². The van der Waals surface area contributed by atoms with E-state index in [1.807, 2.05) is 0 Å². The van der Waals surface area contributed by atoms with Crippen LogP contribution in [0, 0.1) is 5.92 Å². The lowest BCUT2D eigenvalue weighted by atomic mass is 9.84. The molecule has 1 aliphatic rings. The van der Waals surface area contributed by atoms with E-state index in [1.165, 1.54) is 49.6 Å². The van der Waals surface area contributed by atoms with Crippen molar-refractivity contribution in [1.29, 1.82) is 0 Å². The van der Waals surface area contributed by atoms with E-state index in [9.17, 15) is 0 Å². The molecule has 2 nitrogen and oxygen atoms in total. The van der Waals surface area contributed by atoms with E-state index in [0.717, 1.165) is 22.7 Å². The molecule has 0 amide bonds. The number of nitrogens with zero attached hydrogens (tertiary/aromatic N) is 2. The van der Waals surface area contributed by atoms with Gasteiger partial charge in [0.2, 0.25) is 0 Å². The first-order chi connectivity index (χ1) is 25.2. The van der Waals surface area contributed by atoms with E-state index in [1.54, 1.807) is 0 Å². The number of allylic oxidation sites excluding steroid dienone is 4. The quantitative estimate of drug-likeness (QED) is 0.166. The largest absolute Gasteiger partial charge is 0.310 e. The van der Waals surface area contributed by atoms with Gasteiger partial charge in [-0.3, -0.25) is 0 Å². The van der Waals surface area contributed by atoms with Crippen LogP contribution in [-0.2, 0) is 0 Å². The second kappa shape index (κ2) is 13.2. The molecule has 9 rings (SSSR count). The molecule has 0 N–H and O–H groups in total. The molecule has 1 aromatic heterocycles. The number of benzene rings is 7. The molecule has 2 atom stereocenters. The summed E-state index contributed by atoms with van der Waals surface area (Å²) < 4.78 is 2.40. The highest BCUT2D eigenvalue weighted by molar-refractivity contribution is 6.11. The van der Waals surface area contributed by atoms with Crippen molar-refractivity contribution in [1.82, 2.24) is 4.57 Å². The Labute approximate surface area is 299 Å². The fourth-order valence-electron chi connectivity index (χ4n) is 7.67. The molecule has 1 heterocycles. The maximum atomic E-state index is 2.40. The minimum absolute atomic E-state index is 0.437. The Bertz CT molecular complexity index is 2470. The monoisotopic (exact) mass is 654 g/mol. The summed E-state index contributed by atoms with van der Waals surface area (Å²) in [6, 6.07) is 63.8. The van der Waals surface area contributed by atoms with Gasteiger partial charge in [0.25, 0.3) is 0 Å². The van der Waals surface area contributed by atoms with Crippen molar-refractivity contribution in [3.05, 3.63) is 206 Å². The Hall–Kier alpha value is -6.38. The first-order valence-corrected chi connectivity index (χ1v) is 17.8. The minimum atomic E-state index is 0.437. The first-order valence-electron chi connectivity index (χ1n) is 17.8. The molecule has 0 saturated heterocycles. The molecule has 1 aliphatic carbocycles. The Kier molecular flexibility index (Phi) is 7.91. The second-order valence-electron chi connectivity index (χ2n) is 13.5. The fourth-order valence-corrected chi connectivity index (χ4v) is 7.67. The summed E-state index contributed by atoms with van der Waals surface area (Å²) in [5.41, 5.74) is 13.1. The Morgan fingerprint density at radius 1 is 0.431 bits per heavy atom. The molecular formula is C49H38N2. The second-order valence-corrected chi connectivity index (χ2v) is 13.5. The maximum Gasteiger partial charge on any atom is 0.0561 e. The normalized spacial score (nSPS) is 15.4. The summed E-state index contributed by atoms with van der Waals surface area (Å²) >= 11 is 0. The number of rotatable bonds is 7. The molecule has 0 fully saturated rings. The van der Waals surface area contributed by atoms with Gasteiger partial charge in [0, 0.05) is 39.4 Å². The van der Waals surface area contributed by atoms with E-state index in [-0.39, 0.29) is 0 Å². The zero-order valence-electron chi connectivity index (χ0n) is 28.6. The van der Waals surface area contributed by atoms with Gasteiger partial charge < -0.3 is 9.47 Å². The molecule has 0 radical (unpaired) electrons. The smallest absolute Gasteiger partial charge is 0.0561 e. The summed E-state index contributed by atoms with van der Waals surface area (Å²) in [6.07, 6.45) is 8.91. The van der Waals surface area contributed by atoms with Crippen LogP contribution in [0.25, 0.3) is 49.7 Å². The molecule has 8 aromatic rings. The van der Waals surface area contributed by atoms with Crippen molar-refractivity contribution in [3.63, 3.8) is 0 Å². The lowest BCUT2D eigenvalue weighted by molar-refractivity contribution is 0.635. The number of para-hydroxylation sites is 3. The summed E-state index contributed by atoms with van der Waals surface area (Å²) in [5.74, 6) is 0.951. The lowest BCUT2D eigenvalue weighted by Crippen LogP contribution is -2.09. The van der Waals surface area contributed by atoms with Crippen molar-refractivity contribution in [2.24, 2.45) is 5.92 Å². The topological polar surface area (TPSA) is 8.17 Å². The average molecular weight is 655 g/mol. The third-order valence-electron chi connectivity index (χ3n) is 10.3. The predicted octanol–water partition coefficient (Wildman–Crippen LogP) is 13.4. The number of hydrogen-bond donors (Lipinski definition) is 0. The molecule has 0 spiro atoms. The van der Waals surface area contributed by atoms with Crippen LogP contribution in [0.15, 0.2) is 200 Å². The Morgan fingerprint density at radius 3 is 1.61 bits per heavy atom. The van der Waals surface area contributed by atoms with Gasteiger partial charge in [-0.25, -0.2) is 0 Å². The molecule has 2 unspecified atom stereocenters. The molecule has 0 aliphatic heterocycles. The van der Waals surface area contributed by atoms with Crippen LogP contribution in [0.5, 0.6) is 0 Å².